The molecule has 1 unspecified atom stereocenters. The summed E-state index contributed by atoms with van der Waals surface area (Å²) in [5.41, 5.74) is -0.131. The fourth-order valence-corrected chi connectivity index (χ4v) is 1.79. The summed E-state index contributed by atoms with van der Waals surface area (Å²) < 4.78 is 45.8. The monoisotopic (exact) mass is 275 g/mol. The van der Waals surface area contributed by atoms with Crippen LogP contribution in [0.5, 0.6) is 5.75 Å². The highest BCUT2D eigenvalue weighted by Gasteiger charge is 2.34. The van der Waals surface area contributed by atoms with Crippen molar-refractivity contribution < 1.29 is 27.4 Å². The Morgan fingerprint density at radius 2 is 2.11 bits per heavy atom. The van der Waals surface area contributed by atoms with Gasteiger partial charge in [0, 0.05) is 13.1 Å². The lowest BCUT2D eigenvalue weighted by molar-refractivity contribution is -0.274. The van der Waals surface area contributed by atoms with Crippen LogP contribution in [0.3, 0.4) is 0 Å². The zero-order chi connectivity index (χ0) is 13.9. The predicted octanol–water partition coefficient (Wildman–Crippen LogP) is 1.76. The summed E-state index contributed by atoms with van der Waals surface area (Å²) in [6.07, 6.45) is -5.62. The topological polar surface area (TPSA) is 47.6 Å². The van der Waals surface area contributed by atoms with Gasteiger partial charge >= 0.3 is 6.36 Å². The number of hydrogen-bond donors (Lipinski definition) is 1. The maximum atomic E-state index is 12.2. The van der Waals surface area contributed by atoms with E-state index in [1.807, 2.05) is 0 Å². The molecular formula is C12H12F3NO3. The van der Waals surface area contributed by atoms with Gasteiger partial charge in [-0.25, -0.2) is 0 Å². The summed E-state index contributed by atoms with van der Waals surface area (Å²) >= 11 is 0. The van der Waals surface area contributed by atoms with Crippen molar-refractivity contribution in [3.8, 4) is 5.75 Å². The Balaban J connectivity index is 2.21. The molecule has 0 bridgehead atoms. The first-order chi connectivity index (χ1) is 8.97. The number of hydrogen-bond acceptors (Lipinski definition) is 4. The minimum absolute atomic E-state index is 0.131. The van der Waals surface area contributed by atoms with Gasteiger partial charge in [-0.1, -0.05) is 12.1 Å². The van der Waals surface area contributed by atoms with Gasteiger partial charge in [-0.15, -0.1) is 13.2 Å². The first kappa shape index (κ1) is 13.8. The number of para-hydroxylation sites is 1. The zero-order valence-electron chi connectivity index (χ0n) is 9.87. The molecule has 1 aliphatic rings. The number of ketones is 1. The predicted molar refractivity (Wildman–Crippen MR) is 60.1 cm³/mol. The molecule has 0 aromatic heterocycles. The Bertz CT molecular complexity index is 456. The lowest BCUT2D eigenvalue weighted by atomic mass is 10.0. The van der Waals surface area contributed by atoms with Gasteiger partial charge in [0.25, 0.3) is 0 Å². The molecule has 1 atom stereocenters. The van der Waals surface area contributed by atoms with Crippen LogP contribution in [0.2, 0.25) is 0 Å². The molecule has 1 heterocycles. The summed E-state index contributed by atoms with van der Waals surface area (Å²) in [7, 11) is 0. The Morgan fingerprint density at radius 1 is 1.37 bits per heavy atom. The molecular weight excluding hydrogens is 263 g/mol. The number of nitrogens with one attached hydrogen (secondary N) is 1. The lowest BCUT2D eigenvalue weighted by Crippen LogP contribution is -2.43. The van der Waals surface area contributed by atoms with Crippen LogP contribution < -0.4 is 10.1 Å². The third-order valence-electron chi connectivity index (χ3n) is 2.60. The Labute approximate surface area is 107 Å². The third-order valence-corrected chi connectivity index (χ3v) is 2.60. The van der Waals surface area contributed by atoms with Crippen LogP contribution in [0.15, 0.2) is 24.3 Å². The van der Waals surface area contributed by atoms with Crippen molar-refractivity contribution in [2.24, 2.45) is 0 Å². The van der Waals surface area contributed by atoms with E-state index in [0.29, 0.717) is 13.2 Å². The Hall–Kier alpha value is -1.60. The quantitative estimate of drug-likeness (QED) is 0.854. The molecule has 0 saturated carbocycles. The minimum atomic E-state index is -4.83. The number of halogens is 3. The van der Waals surface area contributed by atoms with Crippen molar-refractivity contribution in [3.63, 3.8) is 0 Å². The van der Waals surface area contributed by atoms with Crippen LogP contribution in [0.1, 0.15) is 10.4 Å². The number of benzene rings is 1. The summed E-state index contributed by atoms with van der Waals surface area (Å²) in [6.45, 7) is 1.24. The van der Waals surface area contributed by atoms with Crippen molar-refractivity contribution >= 4 is 5.78 Å². The molecule has 0 aliphatic carbocycles. The van der Waals surface area contributed by atoms with Gasteiger partial charge in [0.1, 0.15) is 11.9 Å². The summed E-state index contributed by atoms with van der Waals surface area (Å²) in [6, 6.07) is 5.25. The number of morpholine rings is 1. The molecule has 0 radical (unpaired) electrons. The lowest BCUT2D eigenvalue weighted by Gasteiger charge is -2.23. The van der Waals surface area contributed by atoms with E-state index in [2.05, 4.69) is 10.1 Å². The highest BCUT2D eigenvalue weighted by molar-refractivity contribution is 6.02. The fraction of sp³-hybridized carbons (Fsp3) is 0.417. The zero-order valence-corrected chi connectivity index (χ0v) is 9.87. The van der Waals surface area contributed by atoms with E-state index < -0.39 is 24.0 Å². The number of alkyl halides is 3. The summed E-state index contributed by atoms with van der Waals surface area (Å²) in [4.78, 5) is 12.1. The van der Waals surface area contributed by atoms with Crippen LogP contribution in [-0.4, -0.2) is 37.9 Å². The van der Waals surface area contributed by atoms with E-state index in [1.54, 1.807) is 0 Å². The maximum Gasteiger partial charge on any atom is 0.573 e. The SMILES string of the molecule is O=C(c1ccccc1OC(F)(F)F)C1CNCCO1. The smallest absolute Gasteiger partial charge is 0.405 e. The number of carbonyl (C=O) groups is 1. The van der Waals surface area contributed by atoms with Crippen molar-refractivity contribution in [1.82, 2.24) is 5.32 Å². The van der Waals surface area contributed by atoms with E-state index in [1.165, 1.54) is 18.2 Å². The van der Waals surface area contributed by atoms with Gasteiger partial charge in [-0.05, 0) is 12.1 Å². The highest BCUT2D eigenvalue weighted by Crippen LogP contribution is 2.27. The van der Waals surface area contributed by atoms with Gasteiger partial charge in [0.05, 0.1) is 12.2 Å². The van der Waals surface area contributed by atoms with Gasteiger partial charge in [0.15, 0.2) is 5.78 Å². The fourth-order valence-electron chi connectivity index (χ4n) is 1.79. The molecule has 1 aromatic rings. The largest absolute Gasteiger partial charge is 0.573 e. The molecule has 19 heavy (non-hydrogen) atoms. The summed E-state index contributed by atoms with van der Waals surface area (Å²) in [5.74, 6) is -1.03. The third kappa shape index (κ3) is 3.68. The molecule has 7 heteroatoms. The van der Waals surface area contributed by atoms with E-state index >= 15 is 0 Å². The molecule has 0 spiro atoms. The Morgan fingerprint density at radius 3 is 2.74 bits per heavy atom. The van der Waals surface area contributed by atoms with Crippen LogP contribution in [-0.2, 0) is 4.74 Å². The second kappa shape index (κ2) is 5.58. The molecule has 104 valence electrons. The molecule has 1 aliphatic heterocycles. The van der Waals surface area contributed by atoms with E-state index in [4.69, 9.17) is 4.74 Å². The van der Waals surface area contributed by atoms with E-state index in [0.717, 1.165) is 6.07 Å². The van der Waals surface area contributed by atoms with E-state index in [-0.39, 0.29) is 12.1 Å². The van der Waals surface area contributed by atoms with E-state index in [9.17, 15) is 18.0 Å². The van der Waals surface area contributed by atoms with Crippen LogP contribution in [0, 0.1) is 0 Å². The van der Waals surface area contributed by atoms with Gasteiger partial charge in [-0.3, -0.25) is 4.79 Å². The highest BCUT2D eigenvalue weighted by atomic mass is 19.4. The second-order valence-electron chi connectivity index (χ2n) is 3.97. The molecule has 1 saturated heterocycles. The second-order valence-corrected chi connectivity index (χ2v) is 3.97. The van der Waals surface area contributed by atoms with Gasteiger partial charge in [-0.2, -0.15) is 0 Å². The first-order valence-electron chi connectivity index (χ1n) is 5.69. The van der Waals surface area contributed by atoms with Crippen molar-refractivity contribution in [2.45, 2.75) is 12.5 Å². The molecule has 1 fully saturated rings. The van der Waals surface area contributed by atoms with Gasteiger partial charge < -0.3 is 14.8 Å². The number of carbonyl (C=O) groups excluding carboxylic acids is 1. The number of ether oxygens (including phenoxy) is 2. The average molecular weight is 275 g/mol. The Kier molecular flexibility index (Phi) is 4.06. The van der Waals surface area contributed by atoms with Crippen LogP contribution in [0.25, 0.3) is 0 Å². The minimum Gasteiger partial charge on any atom is -0.405 e. The van der Waals surface area contributed by atoms with Crippen molar-refractivity contribution in [3.05, 3.63) is 29.8 Å². The standard InChI is InChI=1S/C12H12F3NO3/c13-12(14,15)19-9-4-2-1-3-8(9)11(17)10-7-16-5-6-18-10/h1-4,10,16H,5-7H2. The normalized spacial score (nSPS) is 20.1. The van der Waals surface area contributed by atoms with Crippen LogP contribution >= 0.6 is 0 Å². The summed E-state index contributed by atoms with van der Waals surface area (Å²) in [5, 5.41) is 2.94. The maximum absolute atomic E-state index is 12.2. The van der Waals surface area contributed by atoms with Crippen molar-refractivity contribution in [1.29, 1.82) is 0 Å². The first-order valence-corrected chi connectivity index (χ1v) is 5.69. The molecule has 1 N–H and O–H groups in total. The molecule has 4 nitrogen and oxygen atoms in total. The number of Topliss-reactive ketones (excluding diaryl/α,β-unsaturated/α-hetero) is 1. The number of rotatable bonds is 3. The molecule has 2 rings (SSSR count). The van der Waals surface area contributed by atoms with Gasteiger partial charge in [0.2, 0.25) is 0 Å². The van der Waals surface area contributed by atoms with Crippen molar-refractivity contribution in [2.75, 3.05) is 19.7 Å². The molecule has 1 aromatic carbocycles. The molecule has 0 amide bonds. The average Bonchev–Trinajstić information content (AvgIpc) is 2.38. The van der Waals surface area contributed by atoms with Crippen LogP contribution in [0.4, 0.5) is 13.2 Å².